The number of anilines is 1. The fourth-order valence-corrected chi connectivity index (χ4v) is 2.51. The van der Waals surface area contributed by atoms with Crippen molar-refractivity contribution in [1.29, 1.82) is 0 Å². The molecular formula is C17H17ClFN3O3S. The molecule has 0 radical (unpaired) electrons. The van der Waals surface area contributed by atoms with E-state index in [1.54, 1.807) is 18.2 Å². The average molecular weight is 398 g/mol. The summed E-state index contributed by atoms with van der Waals surface area (Å²) in [7, 11) is 3.06. The van der Waals surface area contributed by atoms with E-state index in [-0.39, 0.29) is 22.1 Å². The van der Waals surface area contributed by atoms with Gasteiger partial charge in [0.05, 0.1) is 20.6 Å². The van der Waals surface area contributed by atoms with Gasteiger partial charge in [0.1, 0.15) is 5.82 Å². The molecule has 0 aliphatic heterocycles. The van der Waals surface area contributed by atoms with Crippen LogP contribution < -0.4 is 25.6 Å². The van der Waals surface area contributed by atoms with Crippen LogP contribution in [0.5, 0.6) is 11.5 Å². The van der Waals surface area contributed by atoms with Gasteiger partial charge in [-0.25, -0.2) is 4.39 Å². The van der Waals surface area contributed by atoms with Crippen LogP contribution in [0.2, 0.25) is 5.02 Å². The summed E-state index contributed by atoms with van der Waals surface area (Å²) in [6.45, 7) is 0. The summed E-state index contributed by atoms with van der Waals surface area (Å²) in [5.74, 6) is 0.0673. The Hall–Kier alpha value is -2.58. The largest absolute Gasteiger partial charge is 0.493 e. The number of nitrogens with one attached hydrogen (secondary N) is 3. The summed E-state index contributed by atoms with van der Waals surface area (Å²) in [6, 6.07) is 9.36. The Bertz CT molecular complexity index is 800. The van der Waals surface area contributed by atoms with Crippen LogP contribution in [0.4, 0.5) is 10.1 Å². The van der Waals surface area contributed by atoms with Crippen LogP contribution in [0.3, 0.4) is 0 Å². The van der Waals surface area contributed by atoms with E-state index in [1.807, 2.05) is 0 Å². The van der Waals surface area contributed by atoms with E-state index in [4.69, 9.17) is 33.3 Å². The number of thiocarbonyl (C=S) groups is 1. The molecule has 2 aromatic rings. The fraction of sp³-hybridized carbons (Fsp3) is 0.176. The summed E-state index contributed by atoms with van der Waals surface area (Å²) >= 11 is 11.0. The Morgan fingerprint density at radius 2 is 1.88 bits per heavy atom. The van der Waals surface area contributed by atoms with Gasteiger partial charge in [0.2, 0.25) is 5.91 Å². The minimum atomic E-state index is -0.543. The van der Waals surface area contributed by atoms with Crippen LogP contribution in [0.25, 0.3) is 0 Å². The molecule has 2 rings (SSSR count). The number of hydrogen-bond donors (Lipinski definition) is 3. The molecule has 0 heterocycles. The molecule has 138 valence electrons. The number of rotatable bonds is 5. The summed E-state index contributed by atoms with van der Waals surface area (Å²) in [5, 5.41) is 3.21. The van der Waals surface area contributed by atoms with Gasteiger partial charge >= 0.3 is 0 Å². The quantitative estimate of drug-likeness (QED) is 0.532. The van der Waals surface area contributed by atoms with Crippen LogP contribution in [-0.2, 0) is 11.2 Å². The van der Waals surface area contributed by atoms with Crippen molar-refractivity contribution in [3.05, 3.63) is 52.8 Å². The van der Waals surface area contributed by atoms with Crippen molar-refractivity contribution < 1.29 is 18.7 Å². The van der Waals surface area contributed by atoms with Gasteiger partial charge in [-0.3, -0.25) is 15.6 Å². The number of methoxy groups -OCH3 is 2. The maximum Gasteiger partial charge on any atom is 0.242 e. The summed E-state index contributed by atoms with van der Waals surface area (Å²) < 4.78 is 24.0. The van der Waals surface area contributed by atoms with Crippen molar-refractivity contribution >= 4 is 40.5 Å². The van der Waals surface area contributed by atoms with Crippen LogP contribution in [0.15, 0.2) is 36.4 Å². The molecule has 0 saturated heterocycles. The van der Waals surface area contributed by atoms with E-state index in [9.17, 15) is 9.18 Å². The number of benzene rings is 2. The molecule has 0 fully saturated rings. The Kier molecular flexibility index (Phi) is 6.99. The lowest BCUT2D eigenvalue weighted by Gasteiger charge is -2.14. The van der Waals surface area contributed by atoms with Crippen molar-refractivity contribution in [1.82, 2.24) is 10.9 Å². The molecule has 0 aliphatic rings. The Morgan fingerprint density at radius 1 is 1.15 bits per heavy atom. The smallest absolute Gasteiger partial charge is 0.242 e. The summed E-state index contributed by atoms with van der Waals surface area (Å²) in [5.41, 5.74) is 5.67. The number of carbonyl (C=O) groups excluding carboxylic acids is 1. The highest BCUT2D eigenvalue weighted by atomic mass is 35.5. The normalized spacial score (nSPS) is 10.0. The van der Waals surface area contributed by atoms with Crippen molar-refractivity contribution in [3.63, 3.8) is 0 Å². The van der Waals surface area contributed by atoms with Gasteiger partial charge in [0.15, 0.2) is 16.6 Å². The summed E-state index contributed by atoms with van der Waals surface area (Å²) in [6.07, 6.45) is -0.225. The zero-order valence-corrected chi connectivity index (χ0v) is 15.6. The van der Waals surface area contributed by atoms with Crippen molar-refractivity contribution in [2.45, 2.75) is 6.42 Å². The molecule has 0 aliphatic carbocycles. The molecule has 3 N–H and O–H groups in total. The number of ether oxygens (including phenoxy) is 2. The highest BCUT2D eigenvalue weighted by Gasteiger charge is 2.12. The van der Waals surface area contributed by atoms with Crippen molar-refractivity contribution in [2.75, 3.05) is 19.5 Å². The predicted molar refractivity (Wildman–Crippen MR) is 102 cm³/mol. The Labute approximate surface area is 160 Å². The van der Waals surface area contributed by atoms with E-state index in [0.29, 0.717) is 17.2 Å². The molecule has 0 unspecified atom stereocenters. The third-order valence-corrected chi connectivity index (χ3v) is 3.91. The summed E-state index contributed by atoms with van der Waals surface area (Å²) in [4.78, 5) is 11.9. The van der Waals surface area contributed by atoms with Gasteiger partial charge in [-0.15, -0.1) is 0 Å². The molecule has 0 spiro atoms. The molecule has 0 saturated carbocycles. The first-order valence-electron chi connectivity index (χ1n) is 7.45. The second-order valence-electron chi connectivity index (χ2n) is 5.07. The van der Waals surface area contributed by atoms with Crippen LogP contribution in [0, 0.1) is 5.82 Å². The second-order valence-corrected chi connectivity index (χ2v) is 5.89. The number of amides is 1. The third-order valence-electron chi connectivity index (χ3n) is 3.36. The van der Waals surface area contributed by atoms with Gasteiger partial charge in [-0.05, 0) is 36.5 Å². The van der Waals surface area contributed by atoms with E-state index >= 15 is 0 Å². The van der Waals surface area contributed by atoms with Crippen LogP contribution in [-0.4, -0.2) is 25.2 Å². The maximum atomic E-state index is 13.7. The monoisotopic (exact) mass is 397 g/mol. The minimum absolute atomic E-state index is 0.118. The van der Waals surface area contributed by atoms with Gasteiger partial charge < -0.3 is 14.8 Å². The van der Waals surface area contributed by atoms with E-state index in [1.165, 1.54) is 32.4 Å². The van der Waals surface area contributed by atoms with E-state index in [0.717, 1.165) is 0 Å². The molecule has 0 atom stereocenters. The van der Waals surface area contributed by atoms with Crippen LogP contribution in [0.1, 0.15) is 5.56 Å². The lowest BCUT2D eigenvalue weighted by molar-refractivity contribution is -0.121. The Morgan fingerprint density at radius 3 is 2.54 bits per heavy atom. The topological polar surface area (TPSA) is 71.6 Å². The zero-order valence-electron chi connectivity index (χ0n) is 14.1. The van der Waals surface area contributed by atoms with Gasteiger partial charge in [0.25, 0.3) is 0 Å². The van der Waals surface area contributed by atoms with Crippen molar-refractivity contribution in [3.8, 4) is 11.5 Å². The highest BCUT2D eigenvalue weighted by Crippen LogP contribution is 2.29. The lowest BCUT2D eigenvalue weighted by Crippen LogP contribution is -2.44. The SMILES string of the molecule is COc1ccc(NC(=S)NNC(=O)Cc2c(F)cccc2Cl)cc1OC. The first-order chi connectivity index (χ1) is 12.4. The first kappa shape index (κ1) is 19.7. The predicted octanol–water partition coefficient (Wildman–Crippen LogP) is 3.06. The van der Waals surface area contributed by atoms with Gasteiger partial charge in [-0.1, -0.05) is 17.7 Å². The molecule has 26 heavy (non-hydrogen) atoms. The number of hydrazine groups is 1. The molecule has 9 heteroatoms. The van der Waals surface area contributed by atoms with Crippen molar-refractivity contribution in [2.24, 2.45) is 0 Å². The van der Waals surface area contributed by atoms with Gasteiger partial charge in [0, 0.05) is 22.3 Å². The van der Waals surface area contributed by atoms with Crippen LogP contribution >= 0.6 is 23.8 Å². The lowest BCUT2D eigenvalue weighted by atomic mass is 10.1. The number of halogens is 2. The number of carbonyl (C=O) groups is 1. The zero-order chi connectivity index (χ0) is 19.1. The molecule has 2 aromatic carbocycles. The first-order valence-corrected chi connectivity index (χ1v) is 8.24. The molecule has 0 aromatic heterocycles. The molecule has 0 bridgehead atoms. The molecule has 6 nitrogen and oxygen atoms in total. The number of hydrogen-bond acceptors (Lipinski definition) is 4. The third kappa shape index (κ3) is 5.21. The van der Waals surface area contributed by atoms with Gasteiger partial charge in [-0.2, -0.15) is 0 Å². The minimum Gasteiger partial charge on any atom is -0.493 e. The average Bonchev–Trinajstić information content (AvgIpc) is 2.63. The maximum absolute atomic E-state index is 13.7. The van der Waals surface area contributed by atoms with E-state index in [2.05, 4.69) is 16.2 Å². The molecule has 1 amide bonds. The highest BCUT2D eigenvalue weighted by molar-refractivity contribution is 7.80. The fourth-order valence-electron chi connectivity index (χ4n) is 2.11. The standard InChI is InChI=1S/C17H17ClFN3O3S/c1-24-14-7-6-10(8-15(14)25-2)20-17(26)22-21-16(23)9-11-12(18)4-3-5-13(11)19/h3-8H,9H2,1-2H3,(H,21,23)(H2,20,22,26). The molecular weight excluding hydrogens is 381 g/mol. The van der Waals surface area contributed by atoms with E-state index < -0.39 is 11.7 Å². The second kappa shape index (κ2) is 9.21. The Balaban J connectivity index is 1.89.